The van der Waals surface area contributed by atoms with Gasteiger partial charge >= 0.3 is 0 Å². The second-order valence-electron chi connectivity index (χ2n) is 6.22. The summed E-state index contributed by atoms with van der Waals surface area (Å²) in [4.78, 5) is 14.1. The van der Waals surface area contributed by atoms with Crippen LogP contribution in [0.15, 0.2) is 22.8 Å². The van der Waals surface area contributed by atoms with E-state index in [1.165, 1.54) is 11.1 Å². The fourth-order valence-corrected chi connectivity index (χ4v) is 2.71. The van der Waals surface area contributed by atoms with Crippen LogP contribution in [0.2, 0.25) is 0 Å². The third-order valence-electron chi connectivity index (χ3n) is 4.13. The molecule has 0 atom stereocenters. The fourth-order valence-electron chi connectivity index (χ4n) is 2.71. The van der Waals surface area contributed by atoms with Crippen molar-refractivity contribution >= 4 is 29.3 Å². The van der Waals surface area contributed by atoms with Gasteiger partial charge in [-0.2, -0.15) is 0 Å². The summed E-state index contributed by atoms with van der Waals surface area (Å²) in [6, 6.07) is 4.25. The highest BCUT2D eigenvalue weighted by Crippen LogP contribution is 2.29. The summed E-state index contributed by atoms with van der Waals surface area (Å²) in [7, 11) is 3.73. The van der Waals surface area contributed by atoms with Gasteiger partial charge < -0.3 is 14.6 Å². The number of halogens is 1. The van der Waals surface area contributed by atoms with Gasteiger partial charge in [0.2, 0.25) is 5.91 Å². The zero-order valence-corrected chi connectivity index (χ0v) is 15.4. The van der Waals surface area contributed by atoms with Gasteiger partial charge in [0, 0.05) is 31.1 Å². The minimum absolute atomic E-state index is 0. The molecule has 5 heteroatoms. The van der Waals surface area contributed by atoms with E-state index in [-0.39, 0.29) is 18.3 Å². The van der Waals surface area contributed by atoms with E-state index in [1.807, 2.05) is 14.1 Å². The molecule has 0 unspecified atom stereocenters. The molecule has 2 aromatic rings. The highest BCUT2D eigenvalue weighted by atomic mass is 35.5. The maximum absolute atomic E-state index is 12.3. The average molecular weight is 339 g/mol. The van der Waals surface area contributed by atoms with Crippen LogP contribution < -0.4 is 5.32 Å². The lowest BCUT2D eigenvalue weighted by Crippen LogP contribution is -2.33. The molecule has 23 heavy (non-hydrogen) atoms. The van der Waals surface area contributed by atoms with E-state index >= 15 is 0 Å². The van der Waals surface area contributed by atoms with E-state index in [0.717, 1.165) is 23.1 Å². The molecule has 128 valence electrons. The number of nitrogens with one attached hydrogen (secondary N) is 1. The Labute approximate surface area is 144 Å². The first-order chi connectivity index (χ1) is 10.4. The van der Waals surface area contributed by atoms with Gasteiger partial charge in [-0.1, -0.05) is 13.8 Å². The first-order valence-corrected chi connectivity index (χ1v) is 7.83. The summed E-state index contributed by atoms with van der Waals surface area (Å²) in [6.45, 7) is 7.98. The van der Waals surface area contributed by atoms with Gasteiger partial charge in [-0.05, 0) is 43.1 Å². The SMILES string of the molecule is CNCCN(C)C(=O)Cc1coc2cc(C)c(C(C)C)cc12.Cl. The Hall–Kier alpha value is -1.52. The van der Waals surface area contributed by atoms with Crippen LogP contribution in [0.1, 0.15) is 36.5 Å². The van der Waals surface area contributed by atoms with Gasteiger partial charge in [-0.15, -0.1) is 12.4 Å². The Bertz CT molecular complexity index is 664. The van der Waals surface area contributed by atoms with Gasteiger partial charge in [-0.3, -0.25) is 4.79 Å². The molecule has 0 saturated carbocycles. The molecule has 1 aromatic heterocycles. The van der Waals surface area contributed by atoms with Gasteiger partial charge in [0.05, 0.1) is 12.7 Å². The minimum atomic E-state index is 0. The number of rotatable bonds is 6. The van der Waals surface area contributed by atoms with E-state index in [9.17, 15) is 4.79 Å². The van der Waals surface area contributed by atoms with Crippen molar-refractivity contribution in [3.8, 4) is 0 Å². The van der Waals surface area contributed by atoms with E-state index in [2.05, 4.69) is 38.2 Å². The van der Waals surface area contributed by atoms with Crippen LogP contribution in [0.5, 0.6) is 0 Å². The third-order valence-corrected chi connectivity index (χ3v) is 4.13. The van der Waals surface area contributed by atoms with Crippen molar-refractivity contribution in [2.24, 2.45) is 0 Å². The van der Waals surface area contributed by atoms with Crippen LogP contribution in [0.4, 0.5) is 0 Å². The Balaban J connectivity index is 0.00000264. The second-order valence-corrected chi connectivity index (χ2v) is 6.22. The summed E-state index contributed by atoms with van der Waals surface area (Å²) in [5.41, 5.74) is 4.38. The van der Waals surface area contributed by atoms with E-state index in [1.54, 1.807) is 11.2 Å². The molecule has 0 radical (unpaired) electrons. The van der Waals surface area contributed by atoms with Crippen molar-refractivity contribution in [1.29, 1.82) is 0 Å². The van der Waals surface area contributed by atoms with Crippen LogP contribution in [0, 0.1) is 6.92 Å². The highest BCUT2D eigenvalue weighted by molar-refractivity contribution is 5.88. The summed E-state index contributed by atoms with van der Waals surface area (Å²) >= 11 is 0. The summed E-state index contributed by atoms with van der Waals surface area (Å²) in [6.07, 6.45) is 2.10. The Morgan fingerprint density at radius 1 is 1.35 bits per heavy atom. The number of likely N-dealkylation sites (N-methyl/N-ethyl adjacent to an activating group) is 2. The maximum Gasteiger partial charge on any atom is 0.226 e. The standard InChI is InChI=1S/C18H26N2O2.ClH/c1-12(2)15-10-16-14(11-22-17(16)8-13(15)3)9-18(21)20(5)7-6-19-4;/h8,10-12,19H,6-7,9H2,1-5H3;1H. The molecule has 2 rings (SSSR count). The number of nitrogens with zero attached hydrogens (tertiary/aromatic N) is 1. The molecule has 1 aromatic carbocycles. The van der Waals surface area contributed by atoms with E-state index in [0.29, 0.717) is 18.9 Å². The number of benzene rings is 1. The molecule has 1 heterocycles. The number of carbonyl (C=O) groups is 1. The molecule has 0 bridgehead atoms. The Kier molecular flexibility index (Phi) is 7.10. The maximum atomic E-state index is 12.3. The van der Waals surface area contributed by atoms with E-state index < -0.39 is 0 Å². The average Bonchev–Trinajstić information content (AvgIpc) is 2.85. The van der Waals surface area contributed by atoms with Crippen molar-refractivity contribution < 1.29 is 9.21 Å². The van der Waals surface area contributed by atoms with Crippen molar-refractivity contribution in [3.63, 3.8) is 0 Å². The van der Waals surface area contributed by atoms with Crippen LogP contribution in [0.3, 0.4) is 0 Å². The van der Waals surface area contributed by atoms with Gasteiger partial charge in [0.15, 0.2) is 0 Å². The lowest BCUT2D eigenvalue weighted by atomic mass is 9.95. The molecule has 0 aliphatic rings. The number of hydrogen-bond acceptors (Lipinski definition) is 3. The zero-order chi connectivity index (χ0) is 16.3. The largest absolute Gasteiger partial charge is 0.464 e. The van der Waals surface area contributed by atoms with Crippen molar-refractivity contribution in [1.82, 2.24) is 10.2 Å². The quantitative estimate of drug-likeness (QED) is 0.876. The predicted molar refractivity (Wildman–Crippen MR) is 97.6 cm³/mol. The van der Waals surface area contributed by atoms with Crippen molar-refractivity contribution in [3.05, 3.63) is 35.1 Å². The monoisotopic (exact) mass is 338 g/mol. The number of aryl methyl sites for hydroxylation is 1. The molecule has 0 aliphatic carbocycles. The molecule has 0 spiro atoms. The number of furan rings is 1. The molecule has 0 aliphatic heterocycles. The lowest BCUT2D eigenvalue weighted by molar-refractivity contribution is -0.129. The van der Waals surface area contributed by atoms with Crippen molar-refractivity contribution in [2.75, 3.05) is 27.2 Å². The van der Waals surface area contributed by atoms with Gasteiger partial charge in [0.25, 0.3) is 0 Å². The molecular formula is C18H27ClN2O2. The number of carbonyl (C=O) groups excluding carboxylic acids is 1. The summed E-state index contributed by atoms with van der Waals surface area (Å²) in [5, 5.41) is 4.12. The Morgan fingerprint density at radius 3 is 2.65 bits per heavy atom. The number of fused-ring (bicyclic) bond motifs is 1. The summed E-state index contributed by atoms with van der Waals surface area (Å²) in [5.74, 6) is 0.575. The number of hydrogen-bond donors (Lipinski definition) is 1. The predicted octanol–water partition coefficient (Wildman–Crippen LogP) is 3.51. The van der Waals surface area contributed by atoms with Crippen LogP contribution >= 0.6 is 12.4 Å². The van der Waals surface area contributed by atoms with E-state index in [4.69, 9.17) is 4.42 Å². The molecule has 1 amide bonds. The zero-order valence-electron chi connectivity index (χ0n) is 14.6. The van der Waals surface area contributed by atoms with Gasteiger partial charge in [-0.25, -0.2) is 0 Å². The van der Waals surface area contributed by atoms with Crippen LogP contribution in [-0.2, 0) is 11.2 Å². The second kappa shape index (κ2) is 8.37. The topological polar surface area (TPSA) is 45.5 Å². The highest BCUT2D eigenvalue weighted by Gasteiger charge is 2.15. The molecule has 0 fully saturated rings. The number of amides is 1. The first-order valence-electron chi connectivity index (χ1n) is 7.83. The lowest BCUT2D eigenvalue weighted by Gasteiger charge is -2.16. The van der Waals surface area contributed by atoms with Crippen molar-refractivity contribution in [2.45, 2.75) is 33.1 Å². The smallest absolute Gasteiger partial charge is 0.226 e. The van der Waals surface area contributed by atoms with Crippen LogP contribution in [-0.4, -0.2) is 38.0 Å². The molecule has 1 N–H and O–H groups in total. The molecule has 0 saturated heterocycles. The molecule has 4 nitrogen and oxygen atoms in total. The first kappa shape index (κ1) is 19.5. The minimum Gasteiger partial charge on any atom is -0.464 e. The van der Waals surface area contributed by atoms with Crippen LogP contribution in [0.25, 0.3) is 11.0 Å². The van der Waals surface area contributed by atoms with Gasteiger partial charge in [0.1, 0.15) is 5.58 Å². The normalized spacial score (nSPS) is 10.9. The molecular weight excluding hydrogens is 312 g/mol. The third kappa shape index (κ3) is 4.49. The summed E-state index contributed by atoms with van der Waals surface area (Å²) < 4.78 is 5.64. The Morgan fingerprint density at radius 2 is 2.04 bits per heavy atom. The fraction of sp³-hybridized carbons (Fsp3) is 0.500.